The van der Waals surface area contributed by atoms with Crippen molar-refractivity contribution in [3.8, 4) is 0 Å². The second kappa shape index (κ2) is 7.24. The van der Waals surface area contributed by atoms with Crippen molar-refractivity contribution in [1.82, 2.24) is 14.5 Å². The van der Waals surface area contributed by atoms with Gasteiger partial charge in [-0.1, -0.05) is 36.9 Å². The molecule has 2 rings (SSSR count). The number of carbonyl (C=O) groups is 1. The third-order valence-electron chi connectivity index (χ3n) is 3.20. The smallest absolute Gasteiger partial charge is 0.230 e. The normalized spacial score (nSPS) is 20.3. The largest absolute Gasteiger partial charge is 0.300 e. The van der Waals surface area contributed by atoms with Gasteiger partial charge >= 0.3 is 0 Å². The molecule has 1 aromatic heterocycles. The molecule has 2 heterocycles. The van der Waals surface area contributed by atoms with Gasteiger partial charge in [0.15, 0.2) is 4.34 Å². The molecule has 10 heteroatoms. The average molecular weight is 365 g/mol. The highest BCUT2D eigenvalue weighted by Crippen LogP contribution is 2.29. The minimum atomic E-state index is -3.25. The van der Waals surface area contributed by atoms with Crippen LogP contribution < -0.4 is 5.32 Å². The standard InChI is InChI=1S/C12H20N4O3S3/c1-8(2)20-12-15-14-11(21-12)13-10(17)9-5-4-6-16(7-9)22(3,18)19/h8-9H,4-7H2,1-3H3,(H,13,14,17)/t9-/m1/s1. The van der Waals surface area contributed by atoms with Gasteiger partial charge in [-0.15, -0.1) is 10.2 Å². The molecular weight excluding hydrogens is 344 g/mol. The van der Waals surface area contributed by atoms with E-state index in [-0.39, 0.29) is 18.4 Å². The average Bonchev–Trinajstić information content (AvgIpc) is 2.84. The predicted molar refractivity (Wildman–Crippen MR) is 88.7 cm³/mol. The van der Waals surface area contributed by atoms with Gasteiger partial charge in [0.05, 0.1) is 12.2 Å². The maximum atomic E-state index is 12.3. The van der Waals surface area contributed by atoms with Gasteiger partial charge in [-0.3, -0.25) is 4.79 Å². The van der Waals surface area contributed by atoms with Crippen LogP contribution in [0.5, 0.6) is 0 Å². The molecule has 1 fully saturated rings. The number of piperidine rings is 1. The van der Waals surface area contributed by atoms with Gasteiger partial charge in [0.25, 0.3) is 0 Å². The van der Waals surface area contributed by atoms with Crippen LogP contribution >= 0.6 is 23.1 Å². The monoisotopic (exact) mass is 364 g/mol. The van der Waals surface area contributed by atoms with Crippen molar-refractivity contribution in [3.63, 3.8) is 0 Å². The first kappa shape index (κ1) is 17.6. The Labute approximate surface area is 138 Å². The van der Waals surface area contributed by atoms with Crippen LogP contribution in [0.2, 0.25) is 0 Å². The van der Waals surface area contributed by atoms with Crippen LogP contribution in [0.3, 0.4) is 0 Å². The topological polar surface area (TPSA) is 92.3 Å². The van der Waals surface area contributed by atoms with Crippen LogP contribution in [0.1, 0.15) is 26.7 Å². The number of hydrogen-bond acceptors (Lipinski definition) is 7. The van der Waals surface area contributed by atoms with Crippen molar-refractivity contribution in [2.24, 2.45) is 5.92 Å². The van der Waals surface area contributed by atoms with Crippen LogP contribution in [0.25, 0.3) is 0 Å². The van der Waals surface area contributed by atoms with E-state index >= 15 is 0 Å². The van der Waals surface area contributed by atoms with Gasteiger partial charge in [0.1, 0.15) is 0 Å². The van der Waals surface area contributed by atoms with Crippen LogP contribution in [0.15, 0.2) is 4.34 Å². The number of aromatic nitrogens is 2. The zero-order valence-electron chi connectivity index (χ0n) is 12.8. The van der Waals surface area contributed by atoms with Crippen molar-refractivity contribution in [2.45, 2.75) is 36.3 Å². The van der Waals surface area contributed by atoms with E-state index < -0.39 is 10.0 Å². The summed E-state index contributed by atoms with van der Waals surface area (Å²) in [6.45, 7) is 4.84. The Hall–Kier alpha value is -0.710. The molecule has 0 bridgehead atoms. The molecule has 1 N–H and O–H groups in total. The summed E-state index contributed by atoms with van der Waals surface area (Å²) in [7, 11) is -3.25. The SMILES string of the molecule is CC(C)Sc1nnc(NC(=O)[C@@H]2CCCN(S(C)(=O)=O)C2)s1. The maximum Gasteiger partial charge on any atom is 0.230 e. The van der Waals surface area contributed by atoms with Gasteiger partial charge in [0, 0.05) is 18.3 Å². The number of carbonyl (C=O) groups excluding carboxylic acids is 1. The van der Waals surface area contributed by atoms with Crippen LogP contribution in [0.4, 0.5) is 5.13 Å². The summed E-state index contributed by atoms with van der Waals surface area (Å²) in [6, 6.07) is 0. The highest BCUT2D eigenvalue weighted by atomic mass is 32.2. The molecule has 0 aromatic carbocycles. The van der Waals surface area contributed by atoms with E-state index in [4.69, 9.17) is 0 Å². The molecule has 7 nitrogen and oxygen atoms in total. The van der Waals surface area contributed by atoms with Gasteiger partial charge in [0.2, 0.25) is 21.1 Å². The number of anilines is 1. The highest BCUT2D eigenvalue weighted by molar-refractivity contribution is 8.01. The second-order valence-corrected chi connectivity index (χ2v) is 10.3. The molecule has 1 saturated heterocycles. The molecule has 1 aliphatic heterocycles. The Kier molecular flexibility index (Phi) is 5.81. The van der Waals surface area contributed by atoms with Crippen molar-refractivity contribution in [2.75, 3.05) is 24.7 Å². The van der Waals surface area contributed by atoms with E-state index in [0.29, 0.717) is 29.8 Å². The molecular formula is C12H20N4O3S3. The van der Waals surface area contributed by atoms with Gasteiger partial charge in [-0.05, 0) is 12.8 Å². The molecule has 0 unspecified atom stereocenters. The Morgan fingerprint density at radius 2 is 2.18 bits per heavy atom. The minimum Gasteiger partial charge on any atom is -0.300 e. The van der Waals surface area contributed by atoms with Crippen LogP contribution in [0, 0.1) is 5.92 Å². The van der Waals surface area contributed by atoms with E-state index in [1.54, 1.807) is 11.8 Å². The van der Waals surface area contributed by atoms with Gasteiger partial charge < -0.3 is 5.32 Å². The number of amides is 1. The van der Waals surface area contributed by atoms with E-state index in [0.717, 1.165) is 4.34 Å². The first-order chi connectivity index (χ1) is 10.3. The molecule has 0 saturated carbocycles. The number of nitrogens with zero attached hydrogens (tertiary/aromatic N) is 3. The molecule has 0 radical (unpaired) electrons. The Morgan fingerprint density at radius 3 is 2.82 bits per heavy atom. The first-order valence-electron chi connectivity index (χ1n) is 7.02. The highest BCUT2D eigenvalue weighted by Gasteiger charge is 2.30. The third-order valence-corrected chi connectivity index (χ3v) is 6.39. The van der Waals surface area contributed by atoms with Crippen molar-refractivity contribution in [1.29, 1.82) is 0 Å². The van der Waals surface area contributed by atoms with E-state index in [9.17, 15) is 13.2 Å². The fourth-order valence-corrected chi connectivity index (χ4v) is 5.06. The number of rotatable bonds is 5. The number of sulfonamides is 1. The van der Waals surface area contributed by atoms with Crippen molar-refractivity contribution < 1.29 is 13.2 Å². The minimum absolute atomic E-state index is 0.189. The quantitative estimate of drug-likeness (QED) is 0.631. The zero-order valence-corrected chi connectivity index (χ0v) is 15.2. The molecule has 1 amide bonds. The summed E-state index contributed by atoms with van der Waals surface area (Å²) in [6.07, 6.45) is 2.55. The molecule has 1 aromatic rings. The zero-order chi connectivity index (χ0) is 16.3. The lowest BCUT2D eigenvalue weighted by molar-refractivity contribution is -0.120. The Morgan fingerprint density at radius 1 is 1.45 bits per heavy atom. The molecule has 124 valence electrons. The summed E-state index contributed by atoms with van der Waals surface area (Å²) in [5, 5.41) is 11.6. The van der Waals surface area contributed by atoms with E-state index in [2.05, 4.69) is 29.4 Å². The fraction of sp³-hybridized carbons (Fsp3) is 0.750. The molecule has 22 heavy (non-hydrogen) atoms. The number of nitrogens with one attached hydrogen (secondary N) is 1. The lowest BCUT2D eigenvalue weighted by atomic mass is 9.99. The lowest BCUT2D eigenvalue weighted by Gasteiger charge is -2.29. The van der Waals surface area contributed by atoms with Crippen molar-refractivity contribution in [3.05, 3.63) is 0 Å². The molecule has 0 aliphatic carbocycles. The molecule has 1 aliphatic rings. The number of hydrogen-bond donors (Lipinski definition) is 1. The Balaban J connectivity index is 1.95. The predicted octanol–water partition coefficient (Wildman–Crippen LogP) is 1.65. The summed E-state index contributed by atoms with van der Waals surface area (Å²) in [4.78, 5) is 12.3. The molecule has 0 spiro atoms. The first-order valence-corrected chi connectivity index (χ1v) is 10.6. The van der Waals surface area contributed by atoms with Crippen LogP contribution in [-0.4, -0.2) is 53.4 Å². The van der Waals surface area contributed by atoms with Crippen molar-refractivity contribution >= 4 is 44.2 Å². The fourth-order valence-electron chi connectivity index (χ4n) is 2.17. The summed E-state index contributed by atoms with van der Waals surface area (Å²) < 4.78 is 25.4. The number of thioether (sulfide) groups is 1. The van der Waals surface area contributed by atoms with Gasteiger partial charge in [-0.2, -0.15) is 0 Å². The summed E-state index contributed by atoms with van der Waals surface area (Å²) >= 11 is 2.93. The Bertz CT molecular complexity index is 629. The molecule has 1 atom stereocenters. The lowest BCUT2D eigenvalue weighted by Crippen LogP contribution is -2.43. The van der Waals surface area contributed by atoms with Crippen LogP contribution in [-0.2, 0) is 14.8 Å². The van der Waals surface area contributed by atoms with E-state index in [1.807, 2.05) is 0 Å². The third kappa shape index (κ3) is 4.90. The summed E-state index contributed by atoms with van der Waals surface area (Å²) in [5.74, 6) is -0.529. The summed E-state index contributed by atoms with van der Waals surface area (Å²) in [5.41, 5.74) is 0. The van der Waals surface area contributed by atoms with E-state index in [1.165, 1.54) is 21.9 Å². The maximum absolute atomic E-state index is 12.3. The van der Waals surface area contributed by atoms with Gasteiger partial charge in [-0.25, -0.2) is 12.7 Å². The second-order valence-electron chi connectivity index (χ2n) is 5.49.